The third-order valence-corrected chi connectivity index (χ3v) is 6.20. The van der Waals surface area contributed by atoms with Crippen LogP contribution in [0.15, 0.2) is 47.4 Å². The number of hydrogen-bond donors (Lipinski definition) is 1. The van der Waals surface area contributed by atoms with Gasteiger partial charge in [0.25, 0.3) is 5.91 Å². The van der Waals surface area contributed by atoms with Crippen LogP contribution in [-0.2, 0) is 9.59 Å². The lowest BCUT2D eigenvalue weighted by molar-refractivity contribution is -0.137. The summed E-state index contributed by atoms with van der Waals surface area (Å²) in [7, 11) is 0. The molecule has 0 saturated carbocycles. The first-order valence-electron chi connectivity index (χ1n) is 8.38. The lowest BCUT2D eigenvalue weighted by atomic mass is 10.0. The van der Waals surface area contributed by atoms with Gasteiger partial charge in [0, 0.05) is 13.0 Å². The summed E-state index contributed by atoms with van der Waals surface area (Å²) in [6.07, 6.45) is 2.15. The van der Waals surface area contributed by atoms with Crippen LogP contribution in [0.1, 0.15) is 18.4 Å². The van der Waals surface area contributed by atoms with Crippen molar-refractivity contribution in [2.75, 3.05) is 6.54 Å². The zero-order chi connectivity index (χ0) is 20.3. The maximum absolute atomic E-state index is 12.6. The molecule has 144 valence electrons. The molecule has 1 aliphatic heterocycles. The summed E-state index contributed by atoms with van der Waals surface area (Å²) in [5, 5.41) is 9.72. The van der Waals surface area contributed by atoms with Crippen molar-refractivity contribution in [3.05, 3.63) is 63.0 Å². The van der Waals surface area contributed by atoms with Crippen LogP contribution in [0.2, 0.25) is 10.0 Å². The van der Waals surface area contributed by atoms with Crippen LogP contribution in [0.3, 0.4) is 0 Å². The first kappa shape index (κ1) is 20.9. The maximum Gasteiger partial charge on any atom is 0.303 e. The summed E-state index contributed by atoms with van der Waals surface area (Å²) < 4.78 is 0.447. The van der Waals surface area contributed by atoms with Gasteiger partial charge in [-0.15, -0.1) is 0 Å². The van der Waals surface area contributed by atoms with E-state index in [0.717, 1.165) is 16.7 Å². The molecule has 1 fully saturated rings. The molecule has 0 radical (unpaired) electrons. The van der Waals surface area contributed by atoms with Gasteiger partial charge in [-0.1, -0.05) is 71.4 Å². The second-order valence-corrected chi connectivity index (χ2v) is 8.58. The van der Waals surface area contributed by atoms with Crippen molar-refractivity contribution < 1.29 is 14.7 Å². The summed E-state index contributed by atoms with van der Waals surface area (Å²) in [6.45, 7) is 0.303. The number of nitrogens with zero attached hydrogens (tertiary/aromatic N) is 1. The molecule has 0 spiro atoms. The molecule has 0 aromatic heterocycles. The predicted octanol–water partition coefficient (Wildman–Crippen LogP) is 5.73. The molecule has 1 heterocycles. The first-order valence-corrected chi connectivity index (χ1v) is 10.4. The van der Waals surface area contributed by atoms with Crippen LogP contribution in [0.25, 0.3) is 17.2 Å². The van der Waals surface area contributed by atoms with Crippen molar-refractivity contribution >= 4 is 69.5 Å². The molecule has 8 heteroatoms. The highest BCUT2D eigenvalue weighted by atomic mass is 35.5. The van der Waals surface area contributed by atoms with Gasteiger partial charge in [0.05, 0.1) is 15.0 Å². The van der Waals surface area contributed by atoms with E-state index < -0.39 is 5.97 Å². The highest BCUT2D eigenvalue weighted by Crippen LogP contribution is 2.34. The Morgan fingerprint density at radius 1 is 1.14 bits per heavy atom. The Morgan fingerprint density at radius 2 is 1.89 bits per heavy atom. The number of carboxylic acid groups (broad SMARTS) is 1. The van der Waals surface area contributed by atoms with E-state index in [1.807, 2.05) is 30.3 Å². The number of thiocarbonyl (C=S) groups is 1. The highest BCUT2D eigenvalue weighted by Gasteiger charge is 2.31. The van der Waals surface area contributed by atoms with Crippen LogP contribution in [0.4, 0.5) is 0 Å². The lowest BCUT2D eigenvalue weighted by Gasteiger charge is -2.13. The summed E-state index contributed by atoms with van der Waals surface area (Å²) in [4.78, 5) is 25.2. The molecular weight excluding hydrogens is 437 g/mol. The fourth-order valence-electron chi connectivity index (χ4n) is 2.72. The van der Waals surface area contributed by atoms with E-state index in [0.29, 0.717) is 32.2 Å². The number of carbonyl (C=O) groups is 2. The van der Waals surface area contributed by atoms with Gasteiger partial charge in [0.15, 0.2) is 0 Å². The van der Waals surface area contributed by atoms with Crippen LogP contribution in [0, 0.1) is 0 Å². The number of carboxylic acids is 1. The van der Waals surface area contributed by atoms with E-state index in [1.165, 1.54) is 16.7 Å². The highest BCUT2D eigenvalue weighted by molar-refractivity contribution is 8.26. The van der Waals surface area contributed by atoms with Gasteiger partial charge in [-0.25, -0.2) is 0 Å². The number of rotatable bonds is 6. The zero-order valence-corrected chi connectivity index (χ0v) is 17.7. The van der Waals surface area contributed by atoms with Crippen molar-refractivity contribution in [1.29, 1.82) is 0 Å². The molecule has 0 bridgehead atoms. The fourth-order valence-corrected chi connectivity index (χ4v) is 4.32. The van der Waals surface area contributed by atoms with E-state index in [9.17, 15) is 9.59 Å². The Bertz CT molecular complexity index is 991. The number of halogens is 2. The zero-order valence-electron chi connectivity index (χ0n) is 14.5. The molecule has 1 N–H and O–H groups in total. The largest absolute Gasteiger partial charge is 0.481 e. The average molecular weight is 452 g/mol. The molecule has 0 atom stereocenters. The fraction of sp³-hybridized carbons (Fsp3) is 0.150. The minimum absolute atomic E-state index is 0.00179. The monoisotopic (exact) mass is 451 g/mol. The summed E-state index contributed by atoms with van der Waals surface area (Å²) in [5.74, 6) is -1.08. The van der Waals surface area contributed by atoms with E-state index in [2.05, 4.69) is 0 Å². The minimum Gasteiger partial charge on any atom is -0.481 e. The molecule has 1 amide bonds. The summed E-state index contributed by atoms with van der Waals surface area (Å²) >= 11 is 18.6. The second-order valence-electron chi connectivity index (χ2n) is 6.08. The molecule has 2 aromatic carbocycles. The SMILES string of the molecule is O=C(O)CCCN1C(=O)C(=Cc2cccc(-c3ccc(Cl)c(Cl)c3)c2)SC1=S. The van der Waals surface area contributed by atoms with Gasteiger partial charge >= 0.3 is 5.97 Å². The van der Waals surface area contributed by atoms with Crippen molar-refractivity contribution in [1.82, 2.24) is 4.90 Å². The Kier molecular flexibility index (Phi) is 6.78. The smallest absolute Gasteiger partial charge is 0.303 e. The Balaban J connectivity index is 1.80. The summed E-state index contributed by atoms with van der Waals surface area (Å²) in [5.41, 5.74) is 2.73. The normalized spacial score (nSPS) is 15.5. The van der Waals surface area contributed by atoms with Gasteiger partial charge < -0.3 is 5.11 Å². The van der Waals surface area contributed by atoms with Gasteiger partial charge in [-0.3, -0.25) is 14.5 Å². The molecule has 4 nitrogen and oxygen atoms in total. The molecular formula is C20H15Cl2NO3S2. The number of hydrogen-bond acceptors (Lipinski definition) is 4. The number of thioether (sulfide) groups is 1. The van der Waals surface area contributed by atoms with Gasteiger partial charge in [-0.2, -0.15) is 0 Å². The Morgan fingerprint density at radius 3 is 2.61 bits per heavy atom. The molecule has 0 aliphatic carbocycles. The standard InChI is InChI=1S/C20H15Cl2NO3S2/c21-15-7-6-14(11-16(15)22)13-4-1-3-12(9-13)10-17-19(26)23(20(27)28-17)8-2-5-18(24)25/h1,3-4,6-7,9-11H,2,5,8H2,(H,24,25). The molecule has 0 unspecified atom stereocenters. The van der Waals surface area contributed by atoms with Crippen molar-refractivity contribution in [3.63, 3.8) is 0 Å². The number of aliphatic carboxylic acids is 1. The average Bonchev–Trinajstić information content (AvgIpc) is 2.91. The maximum atomic E-state index is 12.6. The van der Waals surface area contributed by atoms with E-state index >= 15 is 0 Å². The van der Waals surface area contributed by atoms with Gasteiger partial charge in [0.1, 0.15) is 4.32 Å². The Hall–Kier alpha value is -1.86. The number of amides is 1. The molecule has 1 saturated heterocycles. The number of benzene rings is 2. The number of carbonyl (C=O) groups excluding carboxylic acids is 1. The quantitative estimate of drug-likeness (QED) is 0.448. The van der Waals surface area contributed by atoms with Crippen molar-refractivity contribution in [2.45, 2.75) is 12.8 Å². The molecule has 3 rings (SSSR count). The van der Waals surface area contributed by atoms with Crippen LogP contribution in [0.5, 0.6) is 0 Å². The van der Waals surface area contributed by atoms with E-state index in [1.54, 1.807) is 18.2 Å². The van der Waals surface area contributed by atoms with Crippen molar-refractivity contribution in [3.8, 4) is 11.1 Å². The topological polar surface area (TPSA) is 57.6 Å². The first-order chi connectivity index (χ1) is 13.3. The van der Waals surface area contributed by atoms with Crippen molar-refractivity contribution in [2.24, 2.45) is 0 Å². The molecule has 1 aliphatic rings. The van der Waals surface area contributed by atoms with Crippen LogP contribution < -0.4 is 0 Å². The molecule has 28 heavy (non-hydrogen) atoms. The predicted molar refractivity (Wildman–Crippen MR) is 119 cm³/mol. The van der Waals surface area contributed by atoms with Crippen LogP contribution >= 0.6 is 47.2 Å². The van der Waals surface area contributed by atoms with Gasteiger partial charge in [0.2, 0.25) is 0 Å². The van der Waals surface area contributed by atoms with Gasteiger partial charge in [-0.05, 0) is 47.4 Å². The third-order valence-electron chi connectivity index (χ3n) is 4.08. The second kappa shape index (κ2) is 9.09. The van der Waals surface area contributed by atoms with Crippen LogP contribution in [-0.4, -0.2) is 32.7 Å². The summed E-state index contributed by atoms with van der Waals surface area (Å²) in [6, 6.07) is 13.1. The third kappa shape index (κ3) is 4.94. The Labute approximate surface area is 182 Å². The van der Waals surface area contributed by atoms with E-state index in [4.69, 9.17) is 40.5 Å². The van der Waals surface area contributed by atoms with E-state index in [-0.39, 0.29) is 12.3 Å². The molecule has 2 aromatic rings. The lowest BCUT2D eigenvalue weighted by Crippen LogP contribution is -2.29. The minimum atomic E-state index is -0.889.